The Bertz CT molecular complexity index is 829. The molecule has 0 spiro atoms. The summed E-state index contributed by atoms with van der Waals surface area (Å²) in [5.41, 5.74) is -0.0271. The molecule has 0 aliphatic carbocycles. The predicted octanol–water partition coefficient (Wildman–Crippen LogP) is -0.603. The van der Waals surface area contributed by atoms with Crippen LogP contribution in [0.15, 0.2) is 11.1 Å². The molecule has 2 aromatic heterocycles. The van der Waals surface area contributed by atoms with Crippen LogP contribution in [-0.4, -0.2) is 61.1 Å². The molecule has 3 heterocycles. The molecule has 1 aliphatic rings. The van der Waals surface area contributed by atoms with Crippen LogP contribution in [0.5, 0.6) is 0 Å². The fourth-order valence-electron chi connectivity index (χ4n) is 2.73. The molecule has 1 saturated heterocycles. The van der Waals surface area contributed by atoms with Gasteiger partial charge in [0.25, 0.3) is 5.56 Å². The van der Waals surface area contributed by atoms with Crippen LogP contribution in [-0.2, 0) is 9.53 Å². The van der Waals surface area contributed by atoms with Crippen LogP contribution in [0.4, 0.5) is 5.95 Å². The van der Waals surface area contributed by atoms with Crippen LogP contribution in [0.1, 0.15) is 26.3 Å². The Kier molecular flexibility index (Phi) is 4.84. The van der Waals surface area contributed by atoms with Crippen LogP contribution < -0.4 is 10.9 Å². The fraction of sp³-hybridized carbons (Fsp3) is 0.600. The van der Waals surface area contributed by atoms with Crippen LogP contribution in [0, 0.1) is 5.92 Å². The van der Waals surface area contributed by atoms with E-state index in [1.54, 1.807) is 18.4 Å². The van der Waals surface area contributed by atoms with E-state index in [1.165, 1.54) is 6.33 Å². The number of H-pyrrole nitrogens is 1. The number of ether oxygens (including phenoxy) is 1. The van der Waals surface area contributed by atoms with E-state index < -0.39 is 17.8 Å². The van der Waals surface area contributed by atoms with Crippen molar-refractivity contribution in [2.45, 2.75) is 38.5 Å². The maximum absolute atomic E-state index is 12.2. The first kappa shape index (κ1) is 17.5. The van der Waals surface area contributed by atoms with Gasteiger partial charge in [-0.1, -0.05) is 13.8 Å². The molecule has 1 fully saturated rings. The number of hydrogen-bond acceptors (Lipinski definition) is 7. The highest BCUT2D eigenvalue weighted by atomic mass is 16.5. The van der Waals surface area contributed by atoms with Gasteiger partial charge in [-0.15, -0.1) is 0 Å². The number of aliphatic hydroxyl groups is 2. The smallest absolute Gasteiger partial charge is 0.280 e. The molecule has 10 heteroatoms. The van der Waals surface area contributed by atoms with E-state index in [0.717, 1.165) is 0 Å². The molecule has 25 heavy (non-hydrogen) atoms. The average Bonchev–Trinajstić information content (AvgIpc) is 2.99. The molecule has 2 aromatic rings. The van der Waals surface area contributed by atoms with Crippen molar-refractivity contribution in [3.8, 4) is 0 Å². The lowest BCUT2D eigenvalue weighted by Gasteiger charge is -2.33. The van der Waals surface area contributed by atoms with Crippen LogP contribution in [0.3, 0.4) is 0 Å². The second-order valence-electron chi connectivity index (χ2n) is 6.39. The Morgan fingerprint density at radius 3 is 2.96 bits per heavy atom. The molecule has 4 N–H and O–H groups in total. The third kappa shape index (κ3) is 3.41. The number of nitrogens with zero attached hydrogens (tertiary/aromatic N) is 3. The number of aromatic nitrogens is 4. The van der Waals surface area contributed by atoms with Gasteiger partial charge in [0.2, 0.25) is 11.9 Å². The highest BCUT2D eigenvalue weighted by Gasteiger charge is 2.31. The molecule has 1 amide bonds. The number of amides is 1. The fourth-order valence-corrected chi connectivity index (χ4v) is 2.73. The minimum atomic E-state index is -0.830. The number of aliphatic hydroxyl groups excluding tert-OH is 2. The summed E-state index contributed by atoms with van der Waals surface area (Å²) in [5, 5.41) is 21.7. The van der Waals surface area contributed by atoms with E-state index in [-0.39, 0.29) is 42.5 Å². The van der Waals surface area contributed by atoms with E-state index >= 15 is 0 Å². The summed E-state index contributed by atoms with van der Waals surface area (Å²) in [7, 11) is 0. The first-order valence-electron chi connectivity index (χ1n) is 8.09. The summed E-state index contributed by atoms with van der Waals surface area (Å²) >= 11 is 0. The quantitative estimate of drug-likeness (QED) is 0.576. The number of hydrogen-bond donors (Lipinski definition) is 4. The standard InChI is InChI=1S/C15H21N5O5/c1-7(2)13(23)18-15-17-12-11(14(24)19-15)16-6-20(12)8-3-9(22)10(4-21)25-5-8/h6-10,21-22H,3-5H2,1-2H3,(H2,17,18,19,23,24)/t8-,9-,10+/m0/s1. The SMILES string of the molecule is CC(C)C(=O)Nc1nc2c(ncn2[C@@H]2CO[C@H](CO)[C@@H](O)C2)c(=O)[nH]1. The first-order valence-corrected chi connectivity index (χ1v) is 8.09. The van der Waals surface area contributed by atoms with Gasteiger partial charge in [-0.05, 0) is 6.42 Å². The molecule has 10 nitrogen and oxygen atoms in total. The van der Waals surface area contributed by atoms with Crippen molar-refractivity contribution in [1.29, 1.82) is 0 Å². The summed E-state index contributed by atoms with van der Waals surface area (Å²) in [6, 6.07) is -0.286. The van der Waals surface area contributed by atoms with Gasteiger partial charge in [0.15, 0.2) is 11.2 Å². The summed E-state index contributed by atoms with van der Waals surface area (Å²) in [6.07, 6.45) is 0.339. The van der Waals surface area contributed by atoms with Crippen molar-refractivity contribution in [3.05, 3.63) is 16.7 Å². The second-order valence-corrected chi connectivity index (χ2v) is 6.39. The van der Waals surface area contributed by atoms with Gasteiger partial charge >= 0.3 is 0 Å². The number of carbonyl (C=O) groups excluding carboxylic acids is 1. The van der Waals surface area contributed by atoms with Crippen molar-refractivity contribution in [2.24, 2.45) is 5.92 Å². The molecule has 0 radical (unpaired) electrons. The van der Waals surface area contributed by atoms with Crippen LogP contribution >= 0.6 is 0 Å². The summed E-state index contributed by atoms with van der Waals surface area (Å²) in [5.74, 6) is -0.484. The summed E-state index contributed by atoms with van der Waals surface area (Å²) in [4.78, 5) is 34.8. The highest BCUT2D eigenvalue weighted by Crippen LogP contribution is 2.26. The lowest BCUT2D eigenvalue weighted by molar-refractivity contribution is -0.118. The van der Waals surface area contributed by atoms with E-state index in [4.69, 9.17) is 9.84 Å². The average molecular weight is 351 g/mol. The van der Waals surface area contributed by atoms with Gasteiger partial charge < -0.3 is 19.5 Å². The van der Waals surface area contributed by atoms with Gasteiger partial charge in [-0.2, -0.15) is 4.98 Å². The minimum absolute atomic E-state index is 0.0449. The van der Waals surface area contributed by atoms with Gasteiger partial charge in [0.1, 0.15) is 6.10 Å². The normalized spacial score (nSPS) is 24.0. The maximum Gasteiger partial charge on any atom is 0.280 e. The van der Waals surface area contributed by atoms with Crippen molar-refractivity contribution >= 4 is 23.0 Å². The molecule has 0 saturated carbocycles. The third-order valence-electron chi connectivity index (χ3n) is 4.22. The Hall–Kier alpha value is -2.30. The number of nitrogens with one attached hydrogen (secondary N) is 2. The molecule has 0 unspecified atom stereocenters. The first-order chi connectivity index (χ1) is 11.9. The summed E-state index contributed by atoms with van der Waals surface area (Å²) < 4.78 is 7.09. The maximum atomic E-state index is 12.2. The Morgan fingerprint density at radius 2 is 2.32 bits per heavy atom. The molecular formula is C15H21N5O5. The molecule has 0 bridgehead atoms. The second kappa shape index (κ2) is 6.90. The third-order valence-corrected chi connectivity index (χ3v) is 4.22. The molecule has 136 valence electrons. The van der Waals surface area contributed by atoms with Crippen LogP contribution in [0.25, 0.3) is 11.2 Å². The van der Waals surface area contributed by atoms with Gasteiger partial charge in [0.05, 0.1) is 31.7 Å². The molecular weight excluding hydrogens is 330 g/mol. The van der Waals surface area contributed by atoms with Crippen molar-refractivity contribution in [3.63, 3.8) is 0 Å². The highest BCUT2D eigenvalue weighted by molar-refractivity contribution is 5.91. The molecule has 0 aromatic carbocycles. The van der Waals surface area contributed by atoms with Crippen molar-refractivity contribution in [2.75, 3.05) is 18.5 Å². The Morgan fingerprint density at radius 1 is 1.56 bits per heavy atom. The van der Waals surface area contributed by atoms with Crippen molar-refractivity contribution < 1.29 is 19.7 Å². The number of aromatic amines is 1. The molecule has 3 rings (SSSR count). The van der Waals surface area contributed by atoms with Gasteiger partial charge in [0, 0.05) is 5.92 Å². The lowest BCUT2D eigenvalue weighted by atomic mass is 10.0. The Balaban J connectivity index is 1.93. The zero-order valence-electron chi connectivity index (χ0n) is 14.0. The number of fused-ring (bicyclic) bond motifs is 1. The topological polar surface area (TPSA) is 142 Å². The van der Waals surface area contributed by atoms with E-state index in [0.29, 0.717) is 12.1 Å². The summed E-state index contributed by atoms with van der Waals surface area (Å²) in [6.45, 7) is 3.45. The largest absolute Gasteiger partial charge is 0.394 e. The van der Waals surface area contributed by atoms with Crippen LogP contribution in [0.2, 0.25) is 0 Å². The van der Waals surface area contributed by atoms with Crippen molar-refractivity contribution in [1.82, 2.24) is 19.5 Å². The molecule has 3 atom stereocenters. The van der Waals surface area contributed by atoms with Gasteiger partial charge in [-0.3, -0.25) is 19.9 Å². The minimum Gasteiger partial charge on any atom is -0.394 e. The Labute approximate surface area is 142 Å². The van der Waals surface area contributed by atoms with E-state index in [2.05, 4.69) is 20.3 Å². The number of anilines is 1. The number of imidazole rings is 1. The van der Waals surface area contributed by atoms with E-state index in [9.17, 15) is 14.7 Å². The zero-order valence-corrected chi connectivity index (χ0v) is 14.0. The molecule has 1 aliphatic heterocycles. The lowest BCUT2D eigenvalue weighted by Crippen LogP contribution is -2.41. The number of carbonyl (C=O) groups is 1. The predicted molar refractivity (Wildman–Crippen MR) is 88.1 cm³/mol. The number of rotatable bonds is 4. The van der Waals surface area contributed by atoms with E-state index in [1.807, 2.05) is 0 Å². The monoisotopic (exact) mass is 351 g/mol. The van der Waals surface area contributed by atoms with Gasteiger partial charge in [-0.25, -0.2) is 4.98 Å². The zero-order chi connectivity index (χ0) is 18.1.